The van der Waals surface area contributed by atoms with E-state index in [1.165, 1.54) is 360 Å². The number of amides is 1. The molecule has 0 aliphatic rings. The highest BCUT2D eigenvalue weighted by Crippen LogP contribution is 2.38. The lowest BCUT2D eigenvalue weighted by atomic mass is 10.0. The summed E-state index contributed by atoms with van der Waals surface area (Å²) in [5.74, 6) is -0.153. The molecule has 0 saturated carbocycles. The second-order valence-electron chi connectivity index (χ2n) is 28.1. The number of phosphoric ester groups is 1. The van der Waals surface area contributed by atoms with Crippen molar-refractivity contribution in [3.63, 3.8) is 0 Å². The van der Waals surface area contributed by atoms with E-state index < -0.39 is 20.0 Å². The molecule has 0 spiro atoms. The number of unbranched alkanes of at least 4 members (excludes halogenated alkanes) is 60. The van der Waals surface area contributed by atoms with Gasteiger partial charge in [0.1, 0.15) is 13.2 Å². The average Bonchev–Trinajstić information content (AvgIpc) is 3.56. The standard InChI is InChI=1S/C75H153N2O6P/c1-6-8-10-12-14-16-18-20-22-24-26-28-30-31-32-33-34-35-36-37-38-39-40-41-42-43-44-45-46-47-49-51-53-55-57-59-61-63-65-67-69-75(79)76-73(72-83-84(80,81)82-71-70-77(3,4)5)74(78)68-66-64-62-60-58-56-54-52-50-48-29-27-25-23-21-19-17-15-13-11-9-7-2/h73-74,78H,6-72H2,1-5H3,(H-,76,79,80,81). The Balaban J connectivity index is 3.84. The van der Waals surface area contributed by atoms with E-state index >= 15 is 0 Å². The lowest BCUT2D eigenvalue weighted by molar-refractivity contribution is -0.870. The Hall–Kier alpha value is -0.500. The highest BCUT2D eigenvalue weighted by atomic mass is 31.2. The normalized spacial score (nSPS) is 13.5. The van der Waals surface area contributed by atoms with Gasteiger partial charge >= 0.3 is 0 Å². The molecule has 8 nitrogen and oxygen atoms in total. The number of hydrogen-bond acceptors (Lipinski definition) is 6. The molecule has 0 aromatic rings. The predicted octanol–water partition coefficient (Wildman–Crippen LogP) is 24.0. The zero-order valence-corrected chi connectivity index (χ0v) is 58.8. The quantitative estimate of drug-likeness (QED) is 0.0357. The Morgan fingerprint density at radius 2 is 0.583 bits per heavy atom. The number of aliphatic hydroxyl groups excluding tert-OH is 1. The molecule has 504 valence electrons. The van der Waals surface area contributed by atoms with Crippen molar-refractivity contribution in [1.29, 1.82) is 0 Å². The van der Waals surface area contributed by atoms with E-state index in [2.05, 4.69) is 19.2 Å². The number of aliphatic hydroxyl groups is 1. The summed E-state index contributed by atoms with van der Waals surface area (Å²) in [6.45, 7) is 4.80. The number of carbonyl (C=O) groups is 1. The van der Waals surface area contributed by atoms with E-state index in [0.29, 0.717) is 23.9 Å². The van der Waals surface area contributed by atoms with E-state index in [0.717, 1.165) is 38.5 Å². The molecule has 0 aliphatic heterocycles. The molecule has 0 aromatic heterocycles. The van der Waals surface area contributed by atoms with Crippen LogP contribution in [-0.2, 0) is 18.4 Å². The van der Waals surface area contributed by atoms with E-state index in [9.17, 15) is 19.4 Å². The van der Waals surface area contributed by atoms with Crippen LogP contribution in [0, 0.1) is 0 Å². The zero-order valence-electron chi connectivity index (χ0n) is 57.9. The number of likely N-dealkylation sites (N-methyl/N-ethyl adjacent to an activating group) is 1. The number of hydrogen-bond donors (Lipinski definition) is 2. The van der Waals surface area contributed by atoms with Gasteiger partial charge in [-0.3, -0.25) is 9.36 Å². The van der Waals surface area contributed by atoms with E-state index in [1.807, 2.05) is 21.1 Å². The monoisotopic (exact) mass is 1210 g/mol. The minimum absolute atomic E-state index is 0.0170. The maximum absolute atomic E-state index is 13.1. The second-order valence-corrected chi connectivity index (χ2v) is 29.5. The van der Waals surface area contributed by atoms with Gasteiger partial charge in [-0.1, -0.05) is 406 Å². The van der Waals surface area contributed by atoms with Crippen molar-refractivity contribution in [1.82, 2.24) is 5.32 Å². The molecule has 3 unspecified atom stereocenters. The molecule has 0 radical (unpaired) electrons. The van der Waals surface area contributed by atoms with Crippen LogP contribution < -0.4 is 10.2 Å². The summed E-state index contributed by atoms with van der Waals surface area (Å²) < 4.78 is 23.6. The zero-order chi connectivity index (χ0) is 61.2. The van der Waals surface area contributed by atoms with Crippen LogP contribution in [0.4, 0.5) is 0 Å². The van der Waals surface area contributed by atoms with Gasteiger partial charge in [-0.2, -0.15) is 0 Å². The van der Waals surface area contributed by atoms with Gasteiger partial charge < -0.3 is 28.8 Å². The lowest BCUT2D eigenvalue weighted by Crippen LogP contribution is -2.46. The van der Waals surface area contributed by atoms with Crippen LogP contribution in [0.2, 0.25) is 0 Å². The maximum Gasteiger partial charge on any atom is 0.268 e. The maximum atomic E-state index is 13.1. The van der Waals surface area contributed by atoms with Crippen LogP contribution in [0.25, 0.3) is 0 Å². The number of quaternary nitrogens is 1. The molecule has 9 heteroatoms. The molecule has 0 fully saturated rings. The minimum Gasteiger partial charge on any atom is -0.756 e. The molecule has 84 heavy (non-hydrogen) atoms. The number of nitrogens with one attached hydrogen (secondary N) is 1. The molecule has 1 amide bonds. The van der Waals surface area contributed by atoms with Crippen LogP contribution in [0.5, 0.6) is 0 Å². The minimum atomic E-state index is -4.58. The summed E-state index contributed by atoms with van der Waals surface area (Å²) in [5.41, 5.74) is 0. The first kappa shape index (κ1) is 83.5. The van der Waals surface area contributed by atoms with Crippen molar-refractivity contribution in [2.24, 2.45) is 0 Å². The van der Waals surface area contributed by atoms with Crippen LogP contribution >= 0.6 is 7.82 Å². The molecule has 0 rings (SSSR count). The Morgan fingerprint density at radius 1 is 0.369 bits per heavy atom. The van der Waals surface area contributed by atoms with Crippen LogP contribution in [0.15, 0.2) is 0 Å². The van der Waals surface area contributed by atoms with E-state index in [-0.39, 0.29) is 19.1 Å². The summed E-state index contributed by atoms with van der Waals surface area (Å²) in [7, 11) is 1.33. The number of nitrogens with zero attached hydrogens (tertiary/aromatic N) is 1. The third-order valence-corrected chi connectivity index (χ3v) is 19.3. The van der Waals surface area contributed by atoms with Crippen molar-refractivity contribution in [3.8, 4) is 0 Å². The molecular formula is C75H153N2O6P. The molecule has 0 bridgehead atoms. The SMILES string of the molecule is CCCCCCCCCCCCCCCCCCCCCCCCCCCCCCCCCCCCCCCCCCC(=O)NC(COP(=O)([O-])OCC[N+](C)(C)C)C(O)CCCCCCCCCCCCCCCCCCCCCCCC. The fraction of sp³-hybridized carbons (Fsp3) is 0.987. The molecule has 0 aliphatic carbocycles. The smallest absolute Gasteiger partial charge is 0.268 e. The summed E-state index contributed by atoms with van der Waals surface area (Å²) in [6, 6.07) is -0.797. The third-order valence-electron chi connectivity index (χ3n) is 18.3. The van der Waals surface area contributed by atoms with Crippen molar-refractivity contribution in [2.75, 3.05) is 40.9 Å². The fourth-order valence-electron chi connectivity index (χ4n) is 12.4. The molecule has 3 atom stereocenters. The Morgan fingerprint density at radius 3 is 0.810 bits per heavy atom. The van der Waals surface area contributed by atoms with Gasteiger partial charge in [-0.25, -0.2) is 0 Å². The van der Waals surface area contributed by atoms with Gasteiger partial charge in [0, 0.05) is 6.42 Å². The topological polar surface area (TPSA) is 108 Å². The predicted molar refractivity (Wildman–Crippen MR) is 367 cm³/mol. The number of rotatable bonds is 73. The average molecular weight is 1210 g/mol. The van der Waals surface area contributed by atoms with E-state index in [1.54, 1.807) is 0 Å². The first-order chi connectivity index (χ1) is 41.0. The first-order valence-electron chi connectivity index (χ1n) is 38.4. The van der Waals surface area contributed by atoms with Gasteiger partial charge in [-0.05, 0) is 12.8 Å². The van der Waals surface area contributed by atoms with E-state index in [4.69, 9.17) is 9.05 Å². The Labute approximate surface area is 527 Å². The fourth-order valence-corrected chi connectivity index (χ4v) is 13.1. The molecule has 0 saturated heterocycles. The van der Waals surface area contributed by atoms with Crippen LogP contribution in [-0.4, -0.2) is 68.5 Å². The Bertz CT molecular complexity index is 1330. The molecular weight excluding hydrogens is 1060 g/mol. The van der Waals surface area contributed by atoms with Gasteiger partial charge in [-0.15, -0.1) is 0 Å². The van der Waals surface area contributed by atoms with Gasteiger partial charge in [0.25, 0.3) is 7.82 Å². The van der Waals surface area contributed by atoms with Gasteiger partial charge in [0.15, 0.2) is 0 Å². The van der Waals surface area contributed by atoms with Crippen molar-refractivity contribution >= 4 is 13.7 Å². The summed E-state index contributed by atoms with van der Waals surface area (Å²) in [6.07, 6.45) is 85.1. The Kier molecular flexibility index (Phi) is 66.5. The van der Waals surface area contributed by atoms with Crippen molar-refractivity contribution in [3.05, 3.63) is 0 Å². The summed E-state index contributed by atoms with van der Waals surface area (Å²) >= 11 is 0. The third kappa shape index (κ3) is 69.0. The summed E-state index contributed by atoms with van der Waals surface area (Å²) in [5, 5.41) is 14.1. The highest BCUT2D eigenvalue weighted by Gasteiger charge is 2.24. The van der Waals surface area contributed by atoms with Gasteiger partial charge in [0.2, 0.25) is 5.91 Å². The number of phosphoric acid groups is 1. The van der Waals surface area contributed by atoms with Gasteiger partial charge in [0.05, 0.1) is 39.9 Å². The van der Waals surface area contributed by atoms with Crippen molar-refractivity contribution in [2.45, 2.75) is 437 Å². The summed E-state index contributed by atoms with van der Waals surface area (Å²) in [4.78, 5) is 25.7. The molecule has 2 N–H and O–H groups in total. The first-order valence-corrected chi connectivity index (χ1v) is 39.8. The second kappa shape index (κ2) is 66.9. The molecule has 0 heterocycles. The van der Waals surface area contributed by atoms with Crippen LogP contribution in [0.3, 0.4) is 0 Å². The number of carbonyl (C=O) groups excluding carboxylic acids is 1. The molecule has 0 aromatic carbocycles. The van der Waals surface area contributed by atoms with Crippen molar-refractivity contribution < 1.29 is 32.9 Å². The lowest BCUT2D eigenvalue weighted by Gasteiger charge is -2.30. The highest BCUT2D eigenvalue weighted by molar-refractivity contribution is 7.45. The largest absolute Gasteiger partial charge is 0.756 e. The van der Waals surface area contributed by atoms with Crippen LogP contribution in [0.1, 0.15) is 425 Å².